The summed E-state index contributed by atoms with van der Waals surface area (Å²) in [5.74, 6) is 0.504. The maximum absolute atomic E-state index is 13.3. The van der Waals surface area contributed by atoms with E-state index in [4.69, 9.17) is 15.7 Å². The fourth-order valence-electron chi connectivity index (χ4n) is 3.70. The van der Waals surface area contributed by atoms with Crippen molar-refractivity contribution in [2.75, 3.05) is 25.5 Å². The van der Waals surface area contributed by atoms with E-state index in [0.29, 0.717) is 36.4 Å². The Balaban J connectivity index is 1.68. The van der Waals surface area contributed by atoms with E-state index in [2.05, 4.69) is 11.4 Å². The lowest BCUT2D eigenvalue weighted by Crippen LogP contribution is -2.41. The molecule has 0 spiro atoms. The number of hydrogen-bond acceptors (Lipinski definition) is 5. The summed E-state index contributed by atoms with van der Waals surface area (Å²) < 4.78 is 5.15. The predicted octanol–water partition coefficient (Wildman–Crippen LogP) is 4.38. The Hall–Kier alpha value is -4.15. The maximum Gasteiger partial charge on any atom is 0.254 e. The number of nitrogens with one attached hydrogen (secondary N) is 1. The molecule has 7 nitrogen and oxygen atoms in total. The van der Waals surface area contributed by atoms with E-state index in [1.807, 2.05) is 62.4 Å². The minimum absolute atomic E-state index is 0.116. The number of nitrogens with two attached hydrogens (primary N) is 1. The molecule has 0 unspecified atom stereocenters. The van der Waals surface area contributed by atoms with Gasteiger partial charge in [-0.25, -0.2) is 0 Å². The zero-order valence-electron chi connectivity index (χ0n) is 21.0. The molecular weight excluding hydrogens is 452 g/mol. The van der Waals surface area contributed by atoms with Crippen LogP contribution in [0.5, 0.6) is 5.75 Å². The number of ether oxygens (including phenoxy) is 1. The highest BCUT2D eigenvalue weighted by Crippen LogP contribution is 2.21. The van der Waals surface area contributed by atoms with E-state index in [0.717, 1.165) is 16.9 Å². The average molecular weight is 485 g/mol. The van der Waals surface area contributed by atoms with Crippen LogP contribution in [-0.4, -0.2) is 36.9 Å². The Morgan fingerprint density at radius 2 is 1.58 bits per heavy atom. The molecule has 0 aliphatic rings. The van der Waals surface area contributed by atoms with Crippen molar-refractivity contribution in [2.24, 2.45) is 11.1 Å². The fourth-order valence-corrected chi connectivity index (χ4v) is 3.70. The molecule has 0 fully saturated rings. The highest BCUT2D eigenvalue weighted by atomic mass is 16.5. The van der Waals surface area contributed by atoms with Crippen molar-refractivity contribution in [1.82, 2.24) is 4.90 Å². The lowest BCUT2D eigenvalue weighted by atomic mass is 9.92. The van der Waals surface area contributed by atoms with Gasteiger partial charge in [0.05, 0.1) is 25.2 Å². The van der Waals surface area contributed by atoms with Gasteiger partial charge in [-0.3, -0.25) is 9.59 Å². The van der Waals surface area contributed by atoms with Crippen molar-refractivity contribution < 1.29 is 14.3 Å². The van der Waals surface area contributed by atoms with Gasteiger partial charge >= 0.3 is 0 Å². The minimum Gasteiger partial charge on any atom is -0.497 e. The first-order valence-electron chi connectivity index (χ1n) is 11.7. The number of carbonyl (C=O) groups excluding carboxylic acids is 2. The van der Waals surface area contributed by atoms with Crippen LogP contribution >= 0.6 is 0 Å². The third-order valence-electron chi connectivity index (χ3n) is 5.85. The molecule has 3 aromatic rings. The number of nitriles is 1. The van der Waals surface area contributed by atoms with Crippen LogP contribution < -0.4 is 15.8 Å². The second-order valence-electron chi connectivity index (χ2n) is 9.49. The Bertz CT molecular complexity index is 1210. The normalized spacial score (nSPS) is 10.9. The molecule has 2 amide bonds. The van der Waals surface area contributed by atoms with Crippen LogP contribution in [0.15, 0.2) is 72.8 Å². The Labute approximate surface area is 212 Å². The Morgan fingerprint density at radius 1 is 0.972 bits per heavy atom. The molecule has 0 bridgehead atoms. The summed E-state index contributed by atoms with van der Waals surface area (Å²) in [4.78, 5) is 27.5. The van der Waals surface area contributed by atoms with Gasteiger partial charge in [0.1, 0.15) is 5.75 Å². The maximum atomic E-state index is 13.3. The van der Waals surface area contributed by atoms with Gasteiger partial charge in [0.25, 0.3) is 5.91 Å². The summed E-state index contributed by atoms with van der Waals surface area (Å²) >= 11 is 0. The number of carbonyl (C=O) groups is 2. The van der Waals surface area contributed by atoms with Crippen LogP contribution in [-0.2, 0) is 17.8 Å². The second kappa shape index (κ2) is 12.0. The van der Waals surface area contributed by atoms with Gasteiger partial charge in [-0.2, -0.15) is 5.26 Å². The van der Waals surface area contributed by atoms with Gasteiger partial charge in [0.2, 0.25) is 5.91 Å². The van der Waals surface area contributed by atoms with Crippen molar-refractivity contribution in [3.05, 3.63) is 95.1 Å². The summed E-state index contributed by atoms with van der Waals surface area (Å²) in [6.07, 6.45) is 0.257. The molecule has 7 heteroatoms. The van der Waals surface area contributed by atoms with Crippen LogP contribution in [0.4, 0.5) is 5.69 Å². The van der Waals surface area contributed by atoms with E-state index in [-0.39, 0.29) is 23.7 Å². The summed E-state index contributed by atoms with van der Waals surface area (Å²) in [7, 11) is 1.60. The number of anilines is 1. The monoisotopic (exact) mass is 484 g/mol. The third kappa shape index (κ3) is 7.42. The number of amides is 2. The Morgan fingerprint density at radius 3 is 2.14 bits per heavy atom. The smallest absolute Gasteiger partial charge is 0.254 e. The molecule has 0 aliphatic carbocycles. The van der Waals surface area contributed by atoms with Crippen LogP contribution in [0.25, 0.3) is 0 Å². The minimum atomic E-state index is -0.266. The SMILES string of the molecule is COc1ccc(CC(=O)Nc2ccc(CN(CC(C)(C)CN)C(=O)c3ccc(C#N)cc3)cc2)cc1. The van der Waals surface area contributed by atoms with Crippen molar-refractivity contribution in [1.29, 1.82) is 5.26 Å². The molecule has 3 rings (SSSR count). The fraction of sp³-hybridized carbons (Fsp3) is 0.276. The highest BCUT2D eigenvalue weighted by Gasteiger charge is 2.25. The van der Waals surface area contributed by atoms with Gasteiger partial charge in [-0.05, 0) is 71.6 Å². The van der Waals surface area contributed by atoms with E-state index in [1.165, 1.54) is 0 Å². The standard InChI is InChI=1S/C29H32N4O3/c1-29(2,19-31)20-33(28(35)24-10-4-22(17-30)5-11-24)18-23-6-12-25(13-7-23)32-27(34)16-21-8-14-26(36-3)15-9-21/h4-15H,16,18-20,31H2,1-3H3,(H,32,34). The zero-order chi connectivity index (χ0) is 26.1. The van der Waals surface area contributed by atoms with E-state index in [1.54, 1.807) is 36.3 Å². The molecule has 0 aromatic heterocycles. The number of nitrogens with zero attached hydrogens (tertiary/aromatic N) is 2. The van der Waals surface area contributed by atoms with E-state index < -0.39 is 0 Å². The van der Waals surface area contributed by atoms with Crippen molar-refractivity contribution in [2.45, 2.75) is 26.8 Å². The summed E-state index contributed by atoms with van der Waals surface area (Å²) in [6, 6.07) is 23.5. The molecule has 0 atom stereocenters. The second-order valence-corrected chi connectivity index (χ2v) is 9.49. The highest BCUT2D eigenvalue weighted by molar-refractivity contribution is 5.94. The quantitative estimate of drug-likeness (QED) is 0.444. The van der Waals surface area contributed by atoms with Gasteiger partial charge in [0.15, 0.2) is 0 Å². The molecule has 36 heavy (non-hydrogen) atoms. The molecule has 186 valence electrons. The predicted molar refractivity (Wildman–Crippen MR) is 141 cm³/mol. The summed E-state index contributed by atoms with van der Waals surface area (Å²) in [5, 5.41) is 11.9. The lowest BCUT2D eigenvalue weighted by Gasteiger charge is -2.32. The molecule has 0 saturated carbocycles. The molecule has 0 aliphatic heterocycles. The van der Waals surface area contributed by atoms with Crippen LogP contribution in [0.1, 0.15) is 40.9 Å². The summed E-state index contributed by atoms with van der Waals surface area (Å²) in [5.41, 5.74) is 9.20. The topological polar surface area (TPSA) is 108 Å². The number of hydrogen-bond donors (Lipinski definition) is 2. The van der Waals surface area contributed by atoms with E-state index in [9.17, 15) is 9.59 Å². The largest absolute Gasteiger partial charge is 0.497 e. The van der Waals surface area contributed by atoms with Crippen molar-refractivity contribution in [3.8, 4) is 11.8 Å². The first-order valence-corrected chi connectivity index (χ1v) is 11.7. The molecule has 0 heterocycles. The first kappa shape index (κ1) is 26.5. The third-order valence-corrected chi connectivity index (χ3v) is 5.85. The van der Waals surface area contributed by atoms with Gasteiger partial charge in [-0.1, -0.05) is 38.1 Å². The zero-order valence-corrected chi connectivity index (χ0v) is 21.0. The first-order chi connectivity index (χ1) is 17.2. The van der Waals surface area contributed by atoms with Crippen molar-refractivity contribution >= 4 is 17.5 Å². The van der Waals surface area contributed by atoms with Crippen molar-refractivity contribution in [3.63, 3.8) is 0 Å². The van der Waals surface area contributed by atoms with Gasteiger partial charge in [-0.15, -0.1) is 0 Å². The van der Waals surface area contributed by atoms with Crippen LogP contribution in [0, 0.1) is 16.7 Å². The molecule has 0 radical (unpaired) electrons. The van der Waals surface area contributed by atoms with Crippen LogP contribution in [0.3, 0.4) is 0 Å². The number of methoxy groups -OCH3 is 1. The lowest BCUT2D eigenvalue weighted by molar-refractivity contribution is -0.115. The number of benzene rings is 3. The average Bonchev–Trinajstić information content (AvgIpc) is 2.89. The molecule has 3 N–H and O–H groups in total. The molecular formula is C29H32N4O3. The summed E-state index contributed by atoms with van der Waals surface area (Å²) in [6.45, 7) is 5.34. The Kier molecular flexibility index (Phi) is 8.82. The van der Waals surface area contributed by atoms with Gasteiger partial charge < -0.3 is 20.7 Å². The van der Waals surface area contributed by atoms with E-state index >= 15 is 0 Å². The van der Waals surface area contributed by atoms with Gasteiger partial charge in [0, 0.05) is 24.3 Å². The molecule has 3 aromatic carbocycles. The molecule has 0 saturated heterocycles. The van der Waals surface area contributed by atoms with Crippen LogP contribution in [0.2, 0.25) is 0 Å². The number of rotatable bonds is 10.